The highest BCUT2D eigenvalue weighted by atomic mass is 28.3. The lowest BCUT2D eigenvalue weighted by atomic mass is 9.84. The molecular formula is C11H23FO3Si. The quantitative estimate of drug-likeness (QED) is 0.718. The summed E-state index contributed by atoms with van der Waals surface area (Å²) in [6, 6.07) is 0. The zero-order valence-corrected chi connectivity index (χ0v) is 11.9. The minimum absolute atomic E-state index is 0.303. The number of carbonyl (C=O) groups is 1. The zero-order valence-electron chi connectivity index (χ0n) is 10.7. The van der Waals surface area contributed by atoms with Crippen LogP contribution in [-0.2, 0) is 4.79 Å². The van der Waals surface area contributed by atoms with Crippen molar-refractivity contribution < 1.29 is 19.4 Å². The Labute approximate surface area is 98.3 Å². The second-order valence-electron chi connectivity index (χ2n) is 5.64. The third-order valence-corrected chi connectivity index (χ3v) is 4.08. The number of hydrogen-bond donors (Lipinski definition) is 2. The molecule has 3 nitrogen and oxygen atoms in total. The molecule has 0 aliphatic heterocycles. The van der Waals surface area contributed by atoms with Gasteiger partial charge in [-0.25, -0.2) is 4.39 Å². The Bertz CT molecular complexity index is 238. The molecule has 0 saturated heterocycles. The van der Waals surface area contributed by atoms with Crippen LogP contribution in [0.4, 0.5) is 4.39 Å². The normalized spacial score (nSPS) is 18.3. The number of aliphatic hydroxyl groups is 2. The first-order valence-electron chi connectivity index (χ1n) is 5.61. The smallest absolute Gasteiger partial charge is 0.156 e. The molecule has 0 aromatic rings. The fraction of sp³-hybridized carbons (Fsp3) is 0.909. The maximum atomic E-state index is 13.5. The van der Waals surface area contributed by atoms with Crippen LogP contribution in [0, 0.1) is 5.41 Å². The summed E-state index contributed by atoms with van der Waals surface area (Å²) in [5, 5.41) is 18.9. The summed E-state index contributed by atoms with van der Waals surface area (Å²) >= 11 is 0. The summed E-state index contributed by atoms with van der Waals surface area (Å²) in [6.45, 7) is 8.77. The Morgan fingerprint density at radius 1 is 1.31 bits per heavy atom. The Balaban J connectivity index is 4.35. The minimum atomic E-state index is -1.66. The standard InChI is InChI=1S/C11H23FO3Si/c1-11(2,3)9(14)8(13)6-7(12)10(15)16(4)5/h7-9,13-14,16H,6H2,1-5H3. The van der Waals surface area contributed by atoms with E-state index in [4.69, 9.17) is 0 Å². The molecular weight excluding hydrogens is 227 g/mol. The van der Waals surface area contributed by atoms with Gasteiger partial charge in [0.15, 0.2) is 6.17 Å². The lowest BCUT2D eigenvalue weighted by Crippen LogP contribution is -2.41. The maximum Gasteiger partial charge on any atom is 0.156 e. The molecule has 0 aromatic heterocycles. The number of carbonyl (C=O) groups excluding carboxylic acids is 1. The third kappa shape index (κ3) is 4.72. The number of alkyl halides is 1. The van der Waals surface area contributed by atoms with Gasteiger partial charge in [0.1, 0.15) is 14.2 Å². The molecule has 0 bridgehead atoms. The van der Waals surface area contributed by atoms with Crippen LogP contribution in [0.5, 0.6) is 0 Å². The number of aliphatic hydroxyl groups excluding tert-OH is 2. The molecule has 0 spiro atoms. The summed E-state index contributed by atoms with van der Waals surface area (Å²) < 4.78 is 13.5. The SMILES string of the molecule is C[SiH](C)C(=O)C(F)CC(O)C(O)C(C)(C)C. The summed E-state index contributed by atoms with van der Waals surface area (Å²) in [5.41, 5.74) is -0.516. The average molecular weight is 250 g/mol. The zero-order chi connectivity index (χ0) is 13.1. The minimum Gasteiger partial charge on any atom is -0.390 e. The van der Waals surface area contributed by atoms with Gasteiger partial charge < -0.3 is 15.0 Å². The van der Waals surface area contributed by atoms with E-state index in [0.717, 1.165) is 0 Å². The first kappa shape index (κ1) is 15.7. The van der Waals surface area contributed by atoms with Gasteiger partial charge in [0.05, 0.1) is 12.2 Å². The molecule has 16 heavy (non-hydrogen) atoms. The van der Waals surface area contributed by atoms with E-state index >= 15 is 0 Å². The third-order valence-electron chi connectivity index (χ3n) is 2.58. The molecule has 96 valence electrons. The fourth-order valence-electron chi connectivity index (χ4n) is 1.40. The molecule has 3 atom stereocenters. The Morgan fingerprint density at radius 3 is 2.06 bits per heavy atom. The van der Waals surface area contributed by atoms with Crippen molar-refractivity contribution in [1.82, 2.24) is 0 Å². The highest BCUT2D eigenvalue weighted by molar-refractivity contribution is 6.88. The molecule has 0 radical (unpaired) electrons. The Kier molecular flexibility index (Phi) is 5.79. The van der Waals surface area contributed by atoms with Crippen molar-refractivity contribution in [1.29, 1.82) is 0 Å². The molecule has 0 aliphatic rings. The predicted octanol–water partition coefficient (Wildman–Crippen LogP) is 1.08. The van der Waals surface area contributed by atoms with E-state index < -0.39 is 32.6 Å². The Hall–Kier alpha value is -0.263. The molecule has 0 saturated carbocycles. The summed E-state index contributed by atoms with van der Waals surface area (Å²) in [7, 11) is -1.66. The average Bonchev–Trinajstić information content (AvgIpc) is 2.13. The van der Waals surface area contributed by atoms with Gasteiger partial charge in [-0.3, -0.25) is 0 Å². The molecule has 2 N–H and O–H groups in total. The van der Waals surface area contributed by atoms with Crippen LogP contribution in [0.25, 0.3) is 0 Å². The van der Waals surface area contributed by atoms with Gasteiger partial charge in [-0.15, -0.1) is 0 Å². The van der Waals surface area contributed by atoms with Crippen molar-refractivity contribution in [3.63, 3.8) is 0 Å². The second kappa shape index (κ2) is 5.89. The van der Waals surface area contributed by atoms with Gasteiger partial charge in [0.2, 0.25) is 0 Å². The number of rotatable bonds is 5. The van der Waals surface area contributed by atoms with Crippen LogP contribution in [0.1, 0.15) is 27.2 Å². The molecule has 0 heterocycles. The lowest BCUT2D eigenvalue weighted by molar-refractivity contribution is -0.119. The molecule has 3 unspecified atom stereocenters. The van der Waals surface area contributed by atoms with Crippen molar-refractivity contribution >= 4 is 14.2 Å². The number of hydrogen-bond acceptors (Lipinski definition) is 3. The first-order chi connectivity index (χ1) is 7.07. The van der Waals surface area contributed by atoms with Crippen molar-refractivity contribution in [2.24, 2.45) is 5.41 Å². The van der Waals surface area contributed by atoms with Gasteiger partial charge >= 0.3 is 0 Å². The molecule has 0 fully saturated rings. The first-order valence-corrected chi connectivity index (χ1v) is 8.50. The van der Waals surface area contributed by atoms with Crippen LogP contribution in [0.15, 0.2) is 0 Å². The highest BCUT2D eigenvalue weighted by Gasteiger charge is 2.33. The molecule has 0 aromatic carbocycles. The largest absolute Gasteiger partial charge is 0.390 e. The fourth-order valence-corrected chi connectivity index (χ4v) is 2.26. The molecule has 0 rings (SSSR count). The summed E-state index contributed by atoms with van der Waals surface area (Å²) in [6.07, 6.45) is -4.15. The molecule has 0 amide bonds. The van der Waals surface area contributed by atoms with Crippen molar-refractivity contribution in [3.8, 4) is 0 Å². The van der Waals surface area contributed by atoms with Crippen molar-refractivity contribution in [2.45, 2.75) is 58.7 Å². The van der Waals surface area contributed by atoms with E-state index in [9.17, 15) is 19.4 Å². The summed E-state index contributed by atoms with van der Waals surface area (Å²) in [5.74, 6) is 0. The van der Waals surface area contributed by atoms with Crippen molar-refractivity contribution in [2.75, 3.05) is 0 Å². The monoisotopic (exact) mass is 250 g/mol. The molecule has 5 heteroatoms. The second-order valence-corrected chi connectivity index (χ2v) is 8.52. The van der Waals surface area contributed by atoms with E-state index in [1.54, 1.807) is 33.9 Å². The topological polar surface area (TPSA) is 57.5 Å². The van der Waals surface area contributed by atoms with E-state index in [-0.39, 0.29) is 11.8 Å². The van der Waals surface area contributed by atoms with E-state index in [1.807, 2.05) is 0 Å². The van der Waals surface area contributed by atoms with Crippen LogP contribution in [0.2, 0.25) is 13.1 Å². The van der Waals surface area contributed by atoms with Crippen LogP contribution in [0.3, 0.4) is 0 Å². The Morgan fingerprint density at radius 2 is 1.75 bits per heavy atom. The van der Waals surface area contributed by atoms with Crippen LogP contribution < -0.4 is 0 Å². The van der Waals surface area contributed by atoms with E-state index in [0.29, 0.717) is 0 Å². The van der Waals surface area contributed by atoms with Crippen molar-refractivity contribution in [3.05, 3.63) is 0 Å². The van der Waals surface area contributed by atoms with Crippen LogP contribution >= 0.6 is 0 Å². The van der Waals surface area contributed by atoms with Gasteiger partial charge in [0.25, 0.3) is 0 Å². The maximum absolute atomic E-state index is 13.5. The van der Waals surface area contributed by atoms with Gasteiger partial charge in [-0.05, 0) is 5.41 Å². The molecule has 0 aliphatic carbocycles. The van der Waals surface area contributed by atoms with Gasteiger partial charge in [-0.2, -0.15) is 0 Å². The number of halogens is 1. The lowest BCUT2D eigenvalue weighted by Gasteiger charge is -2.30. The summed E-state index contributed by atoms with van der Waals surface area (Å²) in [4.78, 5) is 11.3. The highest BCUT2D eigenvalue weighted by Crippen LogP contribution is 2.24. The predicted molar refractivity (Wildman–Crippen MR) is 64.9 cm³/mol. The van der Waals surface area contributed by atoms with Crippen LogP contribution in [-0.4, -0.2) is 42.8 Å². The van der Waals surface area contributed by atoms with E-state index in [1.165, 1.54) is 0 Å². The van der Waals surface area contributed by atoms with Gasteiger partial charge in [-0.1, -0.05) is 33.9 Å². The van der Waals surface area contributed by atoms with E-state index in [2.05, 4.69) is 0 Å². The van der Waals surface area contributed by atoms with Gasteiger partial charge in [0, 0.05) is 6.42 Å².